The molecule has 30 heavy (non-hydrogen) atoms. The van der Waals surface area contributed by atoms with Crippen LogP contribution in [0.1, 0.15) is 59.7 Å². The molecule has 4 rings (SSSR count). The van der Waals surface area contributed by atoms with Crippen LogP contribution in [0.4, 0.5) is 0 Å². The number of phenolic OH excluding ortho intramolecular Hbond substituents is 2. The summed E-state index contributed by atoms with van der Waals surface area (Å²) in [7, 11) is 1.22. The van der Waals surface area contributed by atoms with Gasteiger partial charge in [0.15, 0.2) is 11.6 Å². The van der Waals surface area contributed by atoms with Gasteiger partial charge in [-0.05, 0) is 25.0 Å². The van der Waals surface area contributed by atoms with Gasteiger partial charge < -0.3 is 25.2 Å². The van der Waals surface area contributed by atoms with Gasteiger partial charge in [-0.1, -0.05) is 0 Å². The first-order valence-electron chi connectivity index (χ1n) is 9.03. The van der Waals surface area contributed by atoms with Crippen LogP contribution in [0.3, 0.4) is 0 Å². The highest BCUT2D eigenvalue weighted by Gasteiger charge is 2.41. The van der Waals surface area contributed by atoms with E-state index in [1.807, 2.05) is 0 Å². The van der Waals surface area contributed by atoms with Gasteiger partial charge in [0.05, 0.1) is 35.5 Å². The van der Waals surface area contributed by atoms with Crippen LogP contribution in [0.25, 0.3) is 0 Å². The monoisotopic (exact) mass is 434 g/mol. The van der Waals surface area contributed by atoms with Crippen LogP contribution < -0.4 is 4.74 Å². The molecule has 0 saturated carbocycles. The Labute approximate surface area is 177 Å². The number of carbonyl (C=O) groups is 3. The normalized spacial score (nSPS) is 16.8. The summed E-state index contributed by atoms with van der Waals surface area (Å²) in [6.07, 6.45) is -0.0864. The van der Waals surface area contributed by atoms with Crippen molar-refractivity contribution in [2.75, 3.05) is 13.7 Å². The third-order valence-corrected chi connectivity index (χ3v) is 5.56. The molecule has 158 valence electrons. The number of ether oxygens (including phenoxy) is 1. The number of halogens is 1. The molecule has 2 aliphatic rings. The second kappa shape index (κ2) is 7.71. The van der Waals surface area contributed by atoms with Gasteiger partial charge in [0, 0.05) is 23.1 Å². The average molecular weight is 435 g/mol. The van der Waals surface area contributed by atoms with Crippen molar-refractivity contribution in [2.45, 2.75) is 25.4 Å². The molecular formula is C21H19ClO8. The van der Waals surface area contributed by atoms with Crippen molar-refractivity contribution in [1.82, 2.24) is 0 Å². The average Bonchev–Trinajstić information content (AvgIpc) is 2.72. The summed E-state index contributed by atoms with van der Waals surface area (Å²) >= 11 is 0. The molecule has 0 bridgehead atoms. The summed E-state index contributed by atoms with van der Waals surface area (Å²) in [4.78, 5) is 38.4. The molecule has 8 nitrogen and oxygen atoms in total. The summed E-state index contributed by atoms with van der Waals surface area (Å²) in [5.41, 5.74) is -0.447. The van der Waals surface area contributed by atoms with E-state index in [0.29, 0.717) is 12.0 Å². The van der Waals surface area contributed by atoms with E-state index in [9.17, 15) is 34.8 Å². The van der Waals surface area contributed by atoms with Crippen molar-refractivity contribution in [3.8, 4) is 17.2 Å². The van der Waals surface area contributed by atoms with E-state index in [1.54, 1.807) is 0 Å². The summed E-state index contributed by atoms with van der Waals surface area (Å²) in [6.45, 7) is -0.810. The number of aliphatic hydroxyl groups is 2. The Bertz CT molecular complexity index is 1110. The molecule has 2 aliphatic carbocycles. The van der Waals surface area contributed by atoms with Crippen molar-refractivity contribution in [1.29, 1.82) is 0 Å². The van der Waals surface area contributed by atoms with Crippen LogP contribution in [0.5, 0.6) is 17.2 Å². The molecule has 0 amide bonds. The zero-order chi connectivity index (χ0) is 21.0. The van der Waals surface area contributed by atoms with E-state index in [4.69, 9.17) is 4.74 Å². The number of phenols is 2. The van der Waals surface area contributed by atoms with Gasteiger partial charge in [0.25, 0.3) is 0 Å². The summed E-state index contributed by atoms with van der Waals surface area (Å²) < 4.78 is 5.22. The van der Waals surface area contributed by atoms with Gasteiger partial charge in [-0.2, -0.15) is 0 Å². The maximum absolute atomic E-state index is 13.3. The molecule has 1 unspecified atom stereocenters. The number of fused-ring (bicyclic) bond motifs is 3. The molecule has 2 aromatic rings. The van der Waals surface area contributed by atoms with Gasteiger partial charge in [0.1, 0.15) is 23.9 Å². The highest BCUT2D eigenvalue weighted by molar-refractivity contribution is 6.32. The zero-order valence-corrected chi connectivity index (χ0v) is 16.7. The maximum Gasteiger partial charge on any atom is 0.202 e. The van der Waals surface area contributed by atoms with Gasteiger partial charge in [-0.3, -0.25) is 14.4 Å². The van der Waals surface area contributed by atoms with Crippen LogP contribution in [0.2, 0.25) is 0 Å². The summed E-state index contributed by atoms with van der Waals surface area (Å²) in [5, 5.41) is 40.6. The number of aromatic hydroxyl groups is 2. The van der Waals surface area contributed by atoms with Crippen molar-refractivity contribution in [3.05, 3.63) is 51.1 Å². The Balaban J connectivity index is 0.00000256. The predicted octanol–water partition coefficient (Wildman–Crippen LogP) is 1.33. The van der Waals surface area contributed by atoms with Crippen LogP contribution in [-0.4, -0.2) is 57.6 Å². The summed E-state index contributed by atoms with van der Waals surface area (Å²) in [5.74, 6) is -3.17. The Kier molecular flexibility index (Phi) is 5.60. The van der Waals surface area contributed by atoms with Gasteiger partial charge in [-0.15, -0.1) is 12.4 Å². The fraction of sp³-hybridized carbons (Fsp3) is 0.286. The second-order valence-corrected chi connectivity index (χ2v) is 7.11. The Hall–Kier alpha value is -2.94. The Morgan fingerprint density at radius 3 is 2.33 bits per heavy atom. The third kappa shape index (κ3) is 2.87. The number of benzene rings is 2. The number of Topliss-reactive ketones (excluding diaryl/α,β-unsaturated/α-hetero) is 1. The molecular weight excluding hydrogens is 416 g/mol. The largest absolute Gasteiger partial charge is 0.507 e. The molecule has 0 aromatic heterocycles. The molecule has 4 N–H and O–H groups in total. The maximum atomic E-state index is 13.3. The number of hydrogen-bond acceptors (Lipinski definition) is 8. The van der Waals surface area contributed by atoms with E-state index in [2.05, 4.69) is 0 Å². The van der Waals surface area contributed by atoms with Crippen molar-refractivity contribution in [2.24, 2.45) is 0 Å². The van der Waals surface area contributed by atoms with E-state index < -0.39 is 41.6 Å². The van der Waals surface area contributed by atoms with Crippen LogP contribution in [0.15, 0.2) is 12.1 Å². The fourth-order valence-electron chi connectivity index (χ4n) is 4.18. The fourth-order valence-corrected chi connectivity index (χ4v) is 4.18. The summed E-state index contributed by atoms with van der Waals surface area (Å²) in [6, 6.07) is 2.53. The van der Waals surface area contributed by atoms with E-state index in [1.165, 1.54) is 19.2 Å². The number of methoxy groups -OCH3 is 1. The number of aliphatic hydroxyl groups excluding tert-OH is 2. The molecule has 0 radical (unpaired) electrons. The van der Waals surface area contributed by atoms with Gasteiger partial charge in [-0.25, -0.2) is 0 Å². The van der Waals surface area contributed by atoms with E-state index in [-0.39, 0.29) is 64.4 Å². The van der Waals surface area contributed by atoms with E-state index in [0.717, 1.165) is 0 Å². The molecule has 0 saturated heterocycles. The van der Waals surface area contributed by atoms with Crippen molar-refractivity contribution >= 4 is 29.8 Å². The lowest BCUT2D eigenvalue weighted by molar-refractivity contribution is 0.0899. The van der Waals surface area contributed by atoms with Gasteiger partial charge in [0.2, 0.25) is 5.78 Å². The molecule has 2 aromatic carbocycles. The van der Waals surface area contributed by atoms with Crippen LogP contribution in [-0.2, 0) is 12.8 Å². The first-order chi connectivity index (χ1) is 13.8. The SMILES string of the molecule is COc1c(C(=O)CO)ccc2c1C(=O)c1c(O)c3c(c(O)c1C2=O)CC(O)CC3.Cl. The topological polar surface area (TPSA) is 141 Å². The van der Waals surface area contributed by atoms with Crippen LogP contribution in [0, 0.1) is 0 Å². The lowest BCUT2D eigenvalue weighted by Gasteiger charge is -2.28. The Morgan fingerprint density at radius 2 is 1.70 bits per heavy atom. The lowest BCUT2D eigenvalue weighted by Crippen LogP contribution is -2.26. The minimum Gasteiger partial charge on any atom is -0.507 e. The molecule has 1 atom stereocenters. The van der Waals surface area contributed by atoms with Gasteiger partial charge >= 0.3 is 0 Å². The molecule has 0 spiro atoms. The zero-order valence-electron chi connectivity index (χ0n) is 15.9. The first-order valence-corrected chi connectivity index (χ1v) is 9.03. The number of carbonyl (C=O) groups excluding carboxylic acids is 3. The van der Waals surface area contributed by atoms with E-state index >= 15 is 0 Å². The standard InChI is InChI=1S/C21H18O8.ClH/c1-29-21-10(13(24)7-22)4-5-11-14(21)20(28)16-15(18(11)26)19(27)12-6-8(23)2-3-9(12)17(16)25;/h4-5,8,22-23,25,27H,2-3,6-7H2,1H3;1H. The lowest BCUT2D eigenvalue weighted by atomic mass is 9.76. The number of ketones is 3. The van der Waals surface area contributed by atoms with Crippen molar-refractivity contribution < 1.29 is 39.5 Å². The molecule has 0 heterocycles. The first kappa shape index (κ1) is 21.8. The minimum absolute atomic E-state index is 0. The second-order valence-electron chi connectivity index (χ2n) is 7.11. The molecule has 9 heteroatoms. The Morgan fingerprint density at radius 1 is 1.07 bits per heavy atom. The smallest absolute Gasteiger partial charge is 0.202 e. The predicted molar refractivity (Wildman–Crippen MR) is 106 cm³/mol. The highest BCUT2D eigenvalue weighted by atomic mass is 35.5. The third-order valence-electron chi connectivity index (χ3n) is 5.56. The highest BCUT2D eigenvalue weighted by Crippen LogP contribution is 2.47. The quantitative estimate of drug-likeness (QED) is 0.357. The number of rotatable bonds is 3. The minimum atomic E-state index is -0.810. The van der Waals surface area contributed by atoms with Crippen LogP contribution >= 0.6 is 12.4 Å². The molecule has 0 fully saturated rings. The van der Waals surface area contributed by atoms with Crippen molar-refractivity contribution in [3.63, 3.8) is 0 Å². The molecule has 0 aliphatic heterocycles. The number of hydrogen-bond donors (Lipinski definition) is 4.